The monoisotopic (exact) mass is 653 g/mol. The van der Waals surface area contributed by atoms with Crippen molar-refractivity contribution in [1.29, 1.82) is 0 Å². The number of hydrogen-bond acceptors (Lipinski definition) is 3. The Balaban J connectivity index is 1.21. The Morgan fingerprint density at radius 3 is 1.96 bits per heavy atom. The number of rotatable bonds is 3. The maximum atomic E-state index is 6.54. The molecule has 1 aliphatic carbocycles. The van der Waals surface area contributed by atoms with Crippen molar-refractivity contribution in [3.05, 3.63) is 163 Å². The van der Waals surface area contributed by atoms with Crippen LogP contribution in [-0.2, 0) is 5.41 Å². The van der Waals surface area contributed by atoms with E-state index in [1.165, 1.54) is 60.5 Å². The average molecular weight is 654 g/mol. The Hall–Kier alpha value is -6.52. The first-order chi connectivity index (χ1) is 25.1. The van der Waals surface area contributed by atoms with Crippen molar-refractivity contribution in [1.82, 2.24) is 14.5 Å². The number of furan rings is 1. The molecule has 51 heavy (non-hydrogen) atoms. The normalized spacial score (nSPS) is 13.5. The third-order valence-corrected chi connectivity index (χ3v) is 11.0. The van der Waals surface area contributed by atoms with Crippen molar-refractivity contribution in [3.63, 3.8) is 0 Å². The quantitative estimate of drug-likeness (QED) is 0.191. The molecule has 1 aliphatic rings. The Labute approximate surface area is 294 Å². The molecule has 0 amide bonds. The van der Waals surface area contributed by atoms with Crippen LogP contribution in [0.15, 0.2) is 156 Å². The summed E-state index contributed by atoms with van der Waals surface area (Å²) in [4.78, 5) is 10.3. The molecule has 3 heterocycles. The summed E-state index contributed by atoms with van der Waals surface area (Å²) in [5, 5.41) is 5.99. The van der Waals surface area contributed by atoms with Gasteiger partial charge in [0.15, 0.2) is 11.4 Å². The number of aromatic nitrogens is 3. The SMILES string of the molecule is CC1(C)c2cc(-c3nc(-c4ccccc4)nc4c3oc3ccccc34)ccc2-c2c1cc1ccccc1c2-n1c2ccccc2c2ccccc21. The second-order valence-electron chi connectivity index (χ2n) is 14.2. The van der Waals surface area contributed by atoms with Gasteiger partial charge in [-0.05, 0) is 58.5 Å². The highest BCUT2D eigenvalue weighted by Gasteiger charge is 2.39. The van der Waals surface area contributed by atoms with Crippen molar-refractivity contribution < 1.29 is 4.42 Å². The minimum atomic E-state index is -0.277. The predicted octanol–water partition coefficient (Wildman–Crippen LogP) is 12.3. The van der Waals surface area contributed by atoms with Gasteiger partial charge in [-0.15, -0.1) is 0 Å². The molecule has 0 atom stereocenters. The van der Waals surface area contributed by atoms with Gasteiger partial charge in [0.2, 0.25) is 0 Å². The fourth-order valence-electron chi connectivity index (χ4n) is 8.56. The van der Waals surface area contributed by atoms with E-state index in [-0.39, 0.29) is 5.41 Å². The summed E-state index contributed by atoms with van der Waals surface area (Å²) in [7, 11) is 0. The Morgan fingerprint density at radius 2 is 1.20 bits per heavy atom. The van der Waals surface area contributed by atoms with Crippen LogP contribution in [-0.4, -0.2) is 14.5 Å². The van der Waals surface area contributed by atoms with E-state index < -0.39 is 0 Å². The van der Waals surface area contributed by atoms with Gasteiger partial charge in [-0.25, -0.2) is 9.97 Å². The topological polar surface area (TPSA) is 43.9 Å². The van der Waals surface area contributed by atoms with Crippen molar-refractivity contribution >= 4 is 54.6 Å². The van der Waals surface area contributed by atoms with Crippen molar-refractivity contribution in [3.8, 4) is 39.5 Å². The fraction of sp³-hybridized carbons (Fsp3) is 0.0638. The number of benzene rings is 7. The lowest BCUT2D eigenvalue weighted by Crippen LogP contribution is -2.15. The smallest absolute Gasteiger partial charge is 0.180 e. The van der Waals surface area contributed by atoms with Crippen LogP contribution < -0.4 is 0 Å². The third-order valence-electron chi connectivity index (χ3n) is 11.0. The molecule has 11 rings (SSSR count). The van der Waals surface area contributed by atoms with Gasteiger partial charge in [0.1, 0.15) is 16.8 Å². The molecule has 0 spiro atoms. The van der Waals surface area contributed by atoms with Crippen LogP contribution in [0.1, 0.15) is 25.0 Å². The van der Waals surface area contributed by atoms with E-state index in [1.807, 2.05) is 36.4 Å². The zero-order chi connectivity index (χ0) is 33.8. The van der Waals surface area contributed by atoms with Gasteiger partial charge in [-0.2, -0.15) is 0 Å². The molecule has 3 aromatic heterocycles. The van der Waals surface area contributed by atoms with E-state index in [1.54, 1.807) is 0 Å². The molecule has 0 N–H and O–H groups in total. The molecule has 4 heteroatoms. The molecular weight excluding hydrogens is 623 g/mol. The lowest BCUT2D eigenvalue weighted by molar-refractivity contribution is 0.660. The van der Waals surface area contributed by atoms with E-state index >= 15 is 0 Å². The minimum Gasteiger partial charge on any atom is -0.452 e. The van der Waals surface area contributed by atoms with Gasteiger partial charge in [0.25, 0.3) is 0 Å². The highest BCUT2D eigenvalue weighted by molar-refractivity contribution is 6.13. The molecule has 0 saturated carbocycles. The van der Waals surface area contributed by atoms with Crippen LogP contribution in [0.5, 0.6) is 0 Å². The molecule has 7 aromatic carbocycles. The molecule has 0 aliphatic heterocycles. The van der Waals surface area contributed by atoms with Crippen molar-refractivity contribution in [2.75, 3.05) is 0 Å². The first-order valence-electron chi connectivity index (χ1n) is 17.5. The average Bonchev–Trinajstić information content (AvgIpc) is 3.79. The Bertz CT molecular complexity index is 3000. The van der Waals surface area contributed by atoms with Gasteiger partial charge in [-0.1, -0.05) is 129 Å². The summed E-state index contributed by atoms with van der Waals surface area (Å²) >= 11 is 0. The predicted molar refractivity (Wildman–Crippen MR) is 210 cm³/mol. The van der Waals surface area contributed by atoms with Crippen molar-refractivity contribution in [2.45, 2.75) is 19.3 Å². The fourth-order valence-corrected chi connectivity index (χ4v) is 8.56. The number of nitrogens with zero attached hydrogens (tertiary/aromatic N) is 3. The van der Waals surface area contributed by atoms with Crippen LogP contribution in [0.2, 0.25) is 0 Å². The highest BCUT2D eigenvalue weighted by Crippen LogP contribution is 2.55. The first-order valence-corrected chi connectivity index (χ1v) is 17.5. The summed E-state index contributed by atoms with van der Waals surface area (Å²) < 4.78 is 9.04. The molecule has 0 bridgehead atoms. The summed E-state index contributed by atoms with van der Waals surface area (Å²) in [5.74, 6) is 0.688. The van der Waals surface area contributed by atoms with E-state index in [0.29, 0.717) is 11.4 Å². The van der Waals surface area contributed by atoms with E-state index in [0.717, 1.165) is 33.3 Å². The summed E-state index contributed by atoms with van der Waals surface area (Å²) in [6.07, 6.45) is 0. The lowest BCUT2D eigenvalue weighted by atomic mass is 9.81. The molecule has 10 aromatic rings. The molecule has 240 valence electrons. The summed E-state index contributed by atoms with van der Waals surface area (Å²) in [5.41, 5.74) is 13.7. The highest BCUT2D eigenvalue weighted by atomic mass is 16.3. The molecule has 0 fully saturated rings. The second-order valence-corrected chi connectivity index (χ2v) is 14.2. The Kier molecular flexibility index (Phi) is 5.70. The molecule has 0 radical (unpaired) electrons. The van der Waals surface area contributed by atoms with Gasteiger partial charge in [0.05, 0.1) is 16.7 Å². The van der Waals surface area contributed by atoms with Crippen LogP contribution >= 0.6 is 0 Å². The zero-order valence-corrected chi connectivity index (χ0v) is 28.2. The van der Waals surface area contributed by atoms with Crippen molar-refractivity contribution in [2.24, 2.45) is 0 Å². The zero-order valence-electron chi connectivity index (χ0n) is 28.2. The van der Waals surface area contributed by atoms with E-state index in [4.69, 9.17) is 14.4 Å². The third kappa shape index (κ3) is 3.90. The van der Waals surface area contributed by atoms with Gasteiger partial charge in [0, 0.05) is 43.7 Å². The maximum absolute atomic E-state index is 6.54. The molecule has 0 unspecified atom stereocenters. The van der Waals surface area contributed by atoms with Gasteiger partial charge < -0.3 is 8.98 Å². The van der Waals surface area contributed by atoms with Crippen LogP contribution in [0.25, 0.3) is 94.1 Å². The summed E-state index contributed by atoms with van der Waals surface area (Å²) in [6.45, 7) is 4.72. The second kappa shape index (κ2) is 10.3. The van der Waals surface area contributed by atoms with Gasteiger partial charge >= 0.3 is 0 Å². The lowest BCUT2D eigenvalue weighted by Gasteiger charge is -2.23. The number of fused-ring (bicyclic) bond motifs is 10. The number of hydrogen-bond donors (Lipinski definition) is 0. The maximum Gasteiger partial charge on any atom is 0.180 e. The standard InChI is InChI=1S/C47H31N3O/c1-47(2)36-27-30(42-45-43(35-20-10-13-23-40(35)51-45)49-46(48-42)28-14-4-3-5-15-28)24-25-34(36)41-37(47)26-29-16-6-7-17-31(29)44(41)50-38-21-11-8-18-32(38)33-19-9-12-22-39(33)50/h3-27H,1-2H3. The first kappa shape index (κ1) is 28.3. The Morgan fingerprint density at radius 1 is 0.549 bits per heavy atom. The molecular formula is C47H31N3O. The largest absolute Gasteiger partial charge is 0.452 e. The summed E-state index contributed by atoms with van der Waals surface area (Å²) in [6, 6.07) is 54.1. The van der Waals surface area contributed by atoms with Crippen LogP contribution in [0.4, 0.5) is 0 Å². The molecule has 4 nitrogen and oxygen atoms in total. The van der Waals surface area contributed by atoms with E-state index in [9.17, 15) is 0 Å². The minimum absolute atomic E-state index is 0.277. The van der Waals surface area contributed by atoms with Crippen LogP contribution in [0.3, 0.4) is 0 Å². The van der Waals surface area contributed by atoms with Gasteiger partial charge in [-0.3, -0.25) is 0 Å². The van der Waals surface area contributed by atoms with Crippen LogP contribution in [0, 0.1) is 0 Å². The molecule has 0 saturated heterocycles. The number of para-hydroxylation sites is 3. The van der Waals surface area contributed by atoms with E-state index in [2.05, 4.69) is 134 Å².